The van der Waals surface area contributed by atoms with E-state index < -0.39 is 0 Å². The fraction of sp³-hybridized carbons (Fsp3) is 0.700. The number of ether oxygens (including phenoxy) is 1. The van der Waals surface area contributed by atoms with E-state index in [9.17, 15) is 4.79 Å². The lowest BCUT2D eigenvalue weighted by Crippen LogP contribution is -2.02. The third kappa shape index (κ3) is 2.96. The number of unbranched alkanes of at least 4 members (excludes halogenated alkanes) is 1. The summed E-state index contributed by atoms with van der Waals surface area (Å²) in [5.74, 6) is 3.02. The SMILES string of the molecule is C#CCCC[C@@H]1C[C@H]1OC(C)=O. The first-order valence-corrected chi connectivity index (χ1v) is 4.34. The number of esters is 1. The van der Waals surface area contributed by atoms with Crippen molar-refractivity contribution in [3.8, 4) is 12.3 Å². The number of carbonyl (C=O) groups is 1. The quantitative estimate of drug-likeness (QED) is 0.361. The Morgan fingerprint density at radius 3 is 3.08 bits per heavy atom. The summed E-state index contributed by atoms with van der Waals surface area (Å²) in [7, 11) is 0. The van der Waals surface area contributed by atoms with Crippen molar-refractivity contribution < 1.29 is 9.53 Å². The van der Waals surface area contributed by atoms with Crippen LogP contribution in [0.15, 0.2) is 0 Å². The molecule has 1 saturated carbocycles. The number of carbonyl (C=O) groups excluding carboxylic acids is 1. The van der Waals surface area contributed by atoms with Gasteiger partial charge in [0.25, 0.3) is 0 Å². The molecule has 0 bridgehead atoms. The third-order valence-corrected chi connectivity index (χ3v) is 2.07. The van der Waals surface area contributed by atoms with Crippen molar-refractivity contribution in [2.75, 3.05) is 0 Å². The van der Waals surface area contributed by atoms with Crippen LogP contribution < -0.4 is 0 Å². The molecule has 1 aliphatic carbocycles. The minimum atomic E-state index is -0.167. The van der Waals surface area contributed by atoms with Crippen molar-refractivity contribution in [1.29, 1.82) is 0 Å². The summed E-state index contributed by atoms with van der Waals surface area (Å²) in [4.78, 5) is 10.5. The molecule has 0 aromatic heterocycles. The molecule has 0 saturated heterocycles. The van der Waals surface area contributed by atoms with E-state index in [0.717, 1.165) is 25.7 Å². The minimum Gasteiger partial charge on any atom is -0.462 e. The molecule has 0 amide bonds. The summed E-state index contributed by atoms with van der Waals surface area (Å²) in [5, 5.41) is 0. The molecule has 0 heterocycles. The van der Waals surface area contributed by atoms with E-state index in [1.54, 1.807) is 0 Å². The van der Waals surface area contributed by atoms with Crippen LogP contribution in [0.4, 0.5) is 0 Å². The van der Waals surface area contributed by atoms with Crippen molar-refractivity contribution >= 4 is 5.97 Å². The van der Waals surface area contributed by atoms with Gasteiger partial charge in [0.2, 0.25) is 0 Å². The lowest BCUT2D eigenvalue weighted by Gasteiger charge is -1.98. The highest BCUT2D eigenvalue weighted by Crippen LogP contribution is 2.37. The molecule has 0 N–H and O–H groups in total. The lowest BCUT2D eigenvalue weighted by atomic mass is 10.2. The molecule has 2 heteroatoms. The van der Waals surface area contributed by atoms with Gasteiger partial charge in [-0.3, -0.25) is 4.79 Å². The highest BCUT2D eigenvalue weighted by atomic mass is 16.5. The topological polar surface area (TPSA) is 26.3 Å². The van der Waals surface area contributed by atoms with E-state index in [1.807, 2.05) is 0 Å². The summed E-state index contributed by atoms with van der Waals surface area (Å²) in [6, 6.07) is 0. The van der Waals surface area contributed by atoms with Gasteiger partial charge in [0, 0.05) is 13.3 Å². The zero-order chi connectivity index (χ0) is 8.97. The molecule has 0 aromatic rings. The fourth-order valence-corrected chi connectivity index (χ4v) is 1.35. The van der Waals surface area contributed by atoms with Gasteiger partial charge in [0.1, 0.15) is 6.10 Å². The van der Waals surface area contributed by atoms with Gasteiger partial charge < -0.3 is 4.74 Å². The number of terminal acetylenes is 1. The van der Waals surface area contributed by atoms with Crippen LogP contribution in [-0.4, -0.2) is 12.1 Å². The van der Waals surface area contributed by atoms with Crippen molar-refractivity contribution in [2.24, 2.45) is 5.92 Å². The lowest BCUT2D eigenvalue weighted by molar-refractivity contribution is -0.142. The Morgan fingerprint density at radius 1 is 1.75 bits per heavy atom. The highest BCUT2D eigenvalue weighted by Gasteiger charge is 2.39. The second kappa shape index (κ2) is 4.15. The predicted octanol–water partition coefficient (Wildman–Crippen LogP) is 1.74. The largest absolute Gasteiger partial charge is 0.462 e. The Bertz CT molecular complexity index is 202. The second-order valence-electron chi connectivity index (χ2n) is 3.24. The van der Waals surface area contributed by atoms with Crippen molar-refractivity contribution in [1.82, 2.24) is 0 Å². The maximum Gasteiger partial charge on any atom is 0.302 e. The van der Waals surface area contributed by atoms with Crippen LogP contribution in [0.3, 0.4) is 0 Å². The Kier molecular flexibility index (Phi) is 3.16. The van der Waals surface area contributed by atoms with Crippen molar-refractivity contribution in [2.45, 2.75) is 38.7 Å². The van der Waals surface area contributed by atoms with Crippen LogP contribution in [0.1, 0.15) is 32.6 Å². The van der Waals surface area contributed by atoms with E-state index >= 15 is 0 Å². The van der Waals surface area contributed by atoms with Gasteiger partial charge in [-0.15, -0.1) is 12.3 Å². The zero-order valence-electron chi connectivity index (χ0n) is 7.38. The van der Waals surface area contributed by atoms with Crippen molar-refractivity contribution in [3.63, 3.8) is 0 Å². The van der Waals surface area contributed by atoms with Crippen LogP contribution in [-0.2, 0) is 9.53 Å². The van der Waals surface area contributed by atoms with E-state index in [1.165, 1.54) is 6.92 Å². The first-order chi connectivity index (χ1) is 5.74. The van der Waals surface area contributed by atoms with Crippen molar-refractivity contribution in [3.05, 3.63) is 0 Å². The molecule has 0 unspecified atom stereocenters. The fourth-order valence-electron chi connectivity index (χ4n) is 1.35. The van der Waals surface area contributed by atoms with E-state index in [4.69, 9.17) is 11.2 Å². The molecule has 0 aromatic carbocycles. The van der Waals surface area contributed by atoms with Gasteiger partial charge in [-0.25, -0.2) is 0 Å². The summed E-state index contributed by atoms with van der Waals surface area (Å²) in [6.45, 7) is 1.46. The molecule has 2 atom stereocenters. The Balaban J connectivity index is 2.01. The van der Waals surface area contributed by atoms with Gasteiger partial charge in [-0.05, 0) is 25.2 Å². The van der Waals surface area contributed by atoms with E-state index in [2.05, 4.69) is 5.92 Å². The van der Waals surface area contributed by atoms with Crippen LogP contribution in [0.2, 0.25) is 0 Å². The maximum absolute atomic E-state index is 10.5. The molecule has 12 heavy (non-hydrogen) atoms. The van der Waals surface area contributed by atoms with Gasteiger partial charge in [0.15, 0.2) is 0 Å². The van der Waals surface area contributed by atoms with Crippen LogP contribution in [0.5, 0.6) is 0 Å². The number of rotatable bonds is 4. The summed E-state index contributed by atoms with van der Waals surface area (Å²) in [5.41, 5.74) is 0. The Morgan fingerprint density at radius 2 is 2.50 bits per heavy atom. The smallest absolute Gasteiger partial charge is 0.302 e. The molecule has 0 aliphatic heterocycles. The molecule has 0 spiro atoms. The highest BCUT2D eigenvalue weighted by molar-refractivity contribution is 5.66. The average Bonchev–Trinajstić information content (AvgIpc) is 2.67. The first-order valence-electron chi connectivity index (χ1n) is 4.34. The van der Waals surface area contributed by atoms with E-state index in [0.29, 0.717) is 5.92 Å². The average molecular weight is 166 g/mol. The van der Waals surface area contributed by atoms with Crippen LogP contribution in [0.25, 0.3) is 0 Å². The first kappa shape index (κ1) is 9.12. The predicted molar refractivity (Wildman–Crippen MR) is 46.3 cm³/mol. The minimum absolute atomic E-state index is 0.167. The standard InChI is InChI=1S/C10H14O2/c1-3-4-5-6-9-7-10(9)12-8(2)11/h1,9-10H,4-7H2,2H3/t9-,10-/m1/s1. The van der Waals surface area contributed by atoms with Gasteiger partial charge in [-0.1, -0.05) is 0 Å². The second-order valence-corrected chi connectivity index (χ2v) is 3.24. The number of hydrogen-bond acceptors (Lipinski definition) is 2. The third-order valence-electron chi connectivity index (χ3n) is 2.07. The van der Waals surface area contributed by atoms with Gasteiger partial charge in [-0.2, -0.15) is 0 Å². The Labute approximate surface area is 73.3 Å². The monoisotopic (exact) mass is 166 g/mol. The Hall–Kier alpha value is -0.970. The van der Waals surface area contributed by atoms with E-state index in [-0.39, 0.29) is 12.1 Å². The molecular weight excluding hydrogens is 152 g/mol. The maximum atomic E-state index is 10.5. The molecule has 2 nitrogen and oxygen atoms in total. The molecule has 0 radical (unpaired) electrons. The molecule has 1 fully saturated rings. The molecular formula is C10H14O2. The van der Waals surface area contributed by atoms with Gasteiger partial charge in [0.05, 0.1) is 0 Å². The molecule has 1 rings (SSSR count). The summed E-state index contributed by atoms with van der Waals surface area (Å²) < 4.78 is 5.01. The zero-order valence-corrected chi connectivity index (χ0v) is 7.38. The molecule has 66 valence electrons. The number of hydrogen-bond donors (Lipinski definition) is 0. The normalized spacial score (nSPS) is 26.0. The van der Waals surface area contributed by atoms with Crippen LogP contribution >= 0.6 is 0 Å². The van der Waals surface area contributed by atoms with Gasteiger partial charge >= 0.3 is 5.97 Å². The molecule has 1 aliphatic rings. The summed E-state index contributed by atoms with van der Waals surface area (Å²) >= 11 is 0. The summed E-state index contributed by atoms with van der Waals surface area (Å²) in [6.07, 6.45) is 9.33. The van der Waals surface area contributed by atoms with Crippen LogP contribution in [0, 0.1) is 18.3 Å².